The van der Waals surface area contributed by atoms with Crippen molar-refractivity contribution in [3.05, 3.63) is 74.9 Å². The lowest BCUT2D eigenvalue weighted by atomic mass is 10.2. The molecule has 2 aromatic rings. The van der Waals surface area contributed by atoms with Crippen LogP contribution in [-0.2, 0) is 11.3 Å². The molecule has 3 rings (SSSR count). The van der Waals surface area contributed by atoms with Crippen LogP contribution in [0.1, 0.15) is 11.3 Å². The fourth-order valence-electron chi connectivity index (χ4n) is 2.14. The molecular weight excluding hydrogens is 330 g/mol. The number of amides is 2. The van der Waals surface area contributed by atoms with E-state index >= 15 is 0 Å². The molecule has 2 amide bonds. The van der Waals surface area contributed by atoms with E-state index < -0.39 is 10.8 Å². The maximum absolute atomic E-state index is 12.4. The fourth-order valence-corrected chi connectivity index (χ4v) is 2.96. The number of carbonyl (C=O) groups is 2. The van der Waals surface area contributed by atoms with Crippen LogP contribution in [0.15, 0.2) is 53.6 Å². The molecule has 120 valence electrons. The molecule has 0 aliphatic carbocycles. The van der Waals surface area contributed by atoms with Crippen LogP contribution < -0.4 is 0 Å². The van der Waals surface area contributed by atoms with Crippen molar-refractivity contribution in [3.8, 4) is 0 Å². The molecule has 0 radical (unpaired) electrons. The van der Waals surface area contributed by atoms with Gasteiger partial charge in [0, 0.05) is 18.3 Å². The average Bonchev–Trinajstić information content (AvgIpc) is 2.84. The highest BCUT2D eigenvalue weighted by atomic mass is 32.2. The molecule has 0 unspecified atom stereocenters. The predicted molar refractivity (Wildman–Crippen MR) is 88.8 cm³/mol. The summed E-state index contributed by atoms with van der Waals surface area (Å²) in [6.45, 7) is 0.0716. The Morgan fingerprint density at radius 3 is 2.54 bits per heavy atom. The van der Waals surface area contributed by atoms with Crippen LogP contribution in [-0.4, -0.2) is 26.0 Å². The van der Waals surface area contributed by atoms with Gasteiger partial charge in [0.2, 0.25) is 0 Å². The zero-order valence-electron chi connectivity index (χ0n) is 12.3. The van der Waals surface area contributed by atoms with Crippen molar-refractivity contribution >= 4 is 34.7 Å². The third-order valence-electron chi connectivity index (χ3n) is 3.33. The standard InChI is InChI=1S/C16H11N3O4S/c20-15-14(9-12-3-1-2-8-17-12)24-16(21)18(15)10-11-4-6-13(7-5-11)19(22)23/h1-9H,10H2/b14-9-. The molecule has 0 bridgehead atoms. The maximum Gasteiger partial charge on any atom is 0.293 e. The summed E-state index contributed by atoms with van der Waals surface area (Å²) in [4.78, 5) is 40.1. The summed E-state index contributed by atoms with van der Waals surface area (Å²) in [6, 6.07) is 11.0. The Labute approximate surface area is 141 Å². The smallest absolute Gasteiger partial charge is 0.268 e. The first kappa shape index (κ1) is 15.9. The third kappa shape index (κ3) is 3.33. The predicted octanol–water partition coefficient (Wildman–Crippen LogP) is 3.23. The van der Waals surface area contributed by atoms with E-state index in [9.17, 15) is 19.7 Å². The lowest BCUT2D eigenvalue weighted by Gasteiger charge is -2.12. The van der Waals surface area contributed by atoms with Gasteiger partial charge in [0.25, 0.3) is 16.8 Å². The first-order chi connectivity index (χ1) is 11.5. The highest BCUT2D eigenvalue weighted by Gasteiger charge is 2.35. The molecule has 1 aliphatic rings. The first-order valence-corrected chi connectivity index (χ1v) is 7.76. The molecule has 1 aromatic carbocycles. The molecule has 2 heterocycles. The van der Waals surface area contributed by atoms with Crippen molar-refractivity contribution < 1.29 is 14.5 Å². The van der Waals surface area contributed by atoms with Crippen LogP contribution in [0.2, 0.25) is 0 Å². The molecule has 8 heteroatoms. The zero-order chi connectivity index (χ0) is 17.1. The number of rotatable bonds is 4. The van der Waals surface area contributed by atoms with Gasteiger partial charge < -0.3 is 0 Å². The summed E-state index contributed by atoms with van der Waals surface area (Å²) < 4.78 is 0. The molecule has 7 nitrogen and oxygen atoms in total. The topological polar surface area (TPSA) is 93.4 Å². The fraction of sp³-hybridized carbons (Fsp3) is 0.0625. The largest absolute Gasteiger partial charge is 0.293 e. The second-order valence-corrected chi connectivity index (χ2v) is 5.94. The van der Waals surface area contributed by atoms with Gasteiger partial charge in [0.1, 0.15) is 0 Å². The number of nitro benzene ring substituents is 1. The van der Waals surface area contributed by atoms with Gasteiger partial charge in [0.05, 0.1) is 22.1 Å². The van der Waals surface area contributed by atoms with E-state index in [-0.39, 0.29) is 17.5 Å². The molecule has 1 aromatic heterocycles. The van der Waals surface area contributed by atoms with Gasteiger partial charge in [-0.25, -0.2) is 0 Å². The van der Waals surface area contributed by atoms with Gasteiger partial charge in [-0.2, -0.15) is 0 Å². The van der Waals surface area contributed by atoms with E-state index in [1.807, 2.05) is 0 Å². The van der Waals surface area contributed by atoms with Crippen LogP contribution in [0.4, 0.5) is 10.5 Å². The second-order valence-electron chi connectivity index (χ2n) is 4.95. The summed E-state index contributed by atoms with van der Waals surface area (Å²) in [6.07, 6.45) is 3.17. The summed E-state index contributed by atoms with van der Waals surface area (Å²) in [5.41, 5.74) is 1.20. The number of pyridine rings is 1. The number of benzene rings is 1. The Kier molecular flexibility index (Phi) is 4.39. The molecule has 0 saturated carbocycles. The first-order valence-electron chi connectivity index (χ1n) is 6.94. The minimum Gasteiger partial charge on any atom is -0.268 e. The summed E-state index contributed by atoms with van der Waals surface area (Å²) >= 11 is 0.854. The second kappa shape index (κ2) is 6.63. The van der Waals surface area contributed by atoms with Crippen LogP contribution in [0.5, 0.6) is 0 Å². The van der Waals surface area contributed by atoms with Crippen LogP contribution in [0.3, 0.4) is 0 Å². The lowest BCUT2D eigenvalue weighted by molar-refractivity contribution is -0.384. The number of hydrogen-bond acceptors (Lipinski definition) is 6. The van der Waals surface area contributed by atoms with E-state index in [0.717, 1.165) is 16.7 Å². The van der Waals surface area contributed by atoms with Crippen LogP contribution >= 0.6 is 11.8 Å². The van der Waals surface area contributed by atoms with Gasteiger partial charge in [-0.3, -0.25) is 29.6 Å². The Hall–Kier alpha value is -3.00. The minimum atomic E-state index is -0.501. The minimum absolute atomic E-state index is 0.0389. The van der Waals surface area contributed by atoms with Crippen molar-refractivity contribution in [2.75, 3.05) is 0 Å². The van der Waals surface area contributed by atoms with E-state index in [1.165, 1.54) is 24.3 Å². The number of imide groups is 1. The van der Waals surface area contributed by atoms with E-state index in [0.29, 0.717) is 16.2 Å². The van der Waals surface area contributed by atoms with Gasteiger partial charge in [-0.05, 0) is 35.5 Å². The van der Waals surface area contributed by atoms with Gasteiger partial charge >= 0.3 is 0 Å². The SMILES string of the molecule is O=C1S/C(=C\c2ccccn2)C(=O)N1Cc1ccc([N+](=O)[O-])cc1. The highest BCUT2D eigenvalue weighted by Crippen LogP contribution is 2.33. The number of hydrogen-bond donors (Lipinski definition) is 0. The molecule has 0 N–H and O–H groups in total. The number of nitro groups is 1. The maximum atomic E-state index is 12.4. The van der Waals surface area contributed by atoms with Crippen LogP contribution in [0.25, 0.3) is 6.08 Å². The summed E-state index contributed by atoms with van der Waals surface area (Å²) in [7, 11) is 0. The monoisotopic (exact) mass is 341 g/mol. The molecule has 1 saturated heterocycles. The lowest BCUT2D eigenvalue weighted by Crippen LogP contribution is -2.27. The van der Waals surface area contributed by atoms with Gasteiger partial charge in [-0.15, -0.1) is 0 Å². The average molecular weight is 341 g/mol. The van der Waals surface area contributed by atoms with Crippen molar-refractivity contribution in [1.82, 2.24) is 9.88 Å². The molecule has 0 atom stereocenters. The van der Waals surface area contributed by atoms with Crippen molar-refractivity contribution in [3.63, 3.8) is 0 Å². The van der Waals surface area contributed by atoms with Gasteiger partial charge in [0.15, 0.2) is 0 Å². The van der Waals surface area contributed by atoms with Crippen molar-refractivity contribution in [2.24, 2.45) is 0 Å². The number of carbonyl (C=O) groups excluding carboxylic acids is 2. The molecule has 1 fully saturated rings. The Balaban J connectivity index is 1.77. The van der Waals surface area contributed by atoms with Crippen molar-refractivity contribution in [1.29, 1.82) is 0 Å². The van der Waals surface area contributed by atoms with Gasteiger partial charge in [-0.1, -0.05) is 18.2 Å². The molecular formula is C16H11N3O4S. The summed E-state index contributed by atoms with van der Waals surface area (Å²) in [5.74, 6) is -0.394. The molecule has 1 aliphatic heterocycles. The highest BCUT2D eigenvalue weighted by molar-refractivity contribution is 8.18. The Bertz CT molecular complexity index is 834. The zero-order valence-corrected chi connectivity index (χ0v) is 13.1. The normalized spacial score (nSPS) is 16.0. The van der Waals surface area contributed by atoms with Crippen LogP contribution in [0, 0.1) is 10.1 Å². The molecule has 24 heavy (non-hydrogen) atoms. The summed E-state index contributed by atoms with van der Waals surface area (Å²) in [5, 5.41) is 10.3. The van der Waals surface area contributed by atoms with E-state index in [1.54, 1.807) is 30.5 Å². The number of non-ortho nitro benzene ring substituents is 1. The Morgan fingerprint density at radius 1 is 1.17 bits per heavy atom. The third-order valence-corrected chi connectivity index (χ3v) is 4.24. The number of aromatic nitrogens is 1. The van der Waals surface area contributed by atoms with Crippen molar-refractivity contribution in [2.45, 2.75) is 6.54 Å². The Morgan fingerprint density at radius 2 is 1.92 bits per heavy atom. The number of nitrogens with zero attached hydrogens (tertiary/aromatic N) is 3. The number of thioether (sulfide) groups is 1. The molecule has 0 spiro atoms. The quantitative estimate of drug-likeness (QED) is 0.481. The van der Waals surface area contributed by atoms with E-state index in [4.69, 9.17) is 0 Å². The van der Waals surface area contributed by atoms with E-state index in [2.05, 4.69) is 4.98 Å².